The van der Waals surface area contributed by atoms with Crippen molar-refractivity contribution in [2.45, 2.75) is 32.6 Å². The van der Waals surface area contributed by atoms with Crippen LogP contribution in [0.15, 0.2) is 42.5 Å². The standard InChI is InChI=1S/C21H24N2O3/c1-15-5-7-16(8-6-15)9-10-17-11-13-23(14-12-17)20(24)18-3-2-4-19(22-18)21(25)26/h2-8,17H,9-14H2,1H3,(H,25,26). The van der Waals surface area contributed by atoms with Crippen LogP contribution in [0.2, 0.25) is 0 Å². The number of carboxylic acids is 1. The number of rotatable bonds is 5. The van der Waals surface area contributed by atoms with Gasteiger partial charge < -0.3 is 10.0 Å². The average molecular weight is 352 g/mol. The van der Waals surface area contributed by atoms with Gasteiger partial charge in [-0.2, -0.15) is 0 Å². The minimum atomic E-state index is -1.12. The van der Waals surface area contributed by atoms with Crippen molar-refractivity contribution in [2.24, 2.45) is 5.92 Å². The molecule has 1 N–H and O–H groups in total. The SMILES string of the molecule is Cc1ccc(CCC2CCN(C(=O)c3cccc(C(=O)O)n3)CC2)cc1. The van der Waals surface area contributed by atoms with E-state index in [1.54, 1.807) is 17.0 Å². The monoisotopic (exact) mass is 352 g/mol. The molecule has 1 saturated heterocycles. The van der Waals surface area contributed by atoms with Gasteiger partial charge in [0.2, 0.25) is 0 Å². The van der Waals surface area contributed by atoms with Crippen molar-refractivity contribution in [2.75, 3.05) is 13.1 Å². The zero-order valence-electron chi connectivity index (χ0n) is 15.0. The van der Waals surface area contributed by atoms with E-state index < -0.39 is 5.97 Å². The number of carboxylic acid groups (broad SMARTS) is 1. The molecule has 2 heterocycles. The molecule has 0 bridgehead atoms. The third-order valence-corrected chi connectivity index (χ3v) is 5.05. The summed E-state index contributed by atoms with van der Waals surface area (Å²) in [6.45, 7) is 3.50. The summed E-state index contributed by atoms with van der Waals surface area (Å²) >= 11 is 0. The topological polar surface area (TPSA) is 70.5 Å². The number of likely N-dealkylation sites (tertiary alicyclic amines) is 1. The molecule has 1 amide bonds. The summed E-state index contributed by atoms with van der Waals surface area (Å²) in [5.74, 6) is -0.668. The fourth-order valence-corrected chi connectivity index (χ4v) is 3.39. The summed E-state index contributed by atoms with van der Waals surface area (Å²) in [5, 5.41) is 9.02. The molecule has 0 aliphatic carbocycles. The molecule has 0 radical (unpaired) electrons. The normalized spacial score (nSPS) is 15.0. The molecule has 5 heteroatoms. The highest BCUT2D eigenvalue weighted by Crippen LogP contribution is 2.23. The van der Waals surface area contributed by atoms with E-state index >= 15 is 0 Å². The summed E-state index contributed by atoms with van der Waals surface area (Å²) in [6.07, 6.45) is 4.17. The van der Waals surface area contributed by atoms with Crippen molar-refractivity contribution < 1.29 is 14.7 Å². The summed E-state index contributed by atoms with van der Waals surface area (Å²) in [5.41, 5.74) is 2.76. The first kappa shape index (κ1) is 18.1. The van der Waals surface area contributed by atoms with E-state index in [1.165, 1.54) is 17.2 Å². The lowest BCUT2D eigenvalue weighted by Gasteiger charge is -2.32. The minimum absolute atomic E-state index is 0.0937. The first-order valence-corrected chi connectivity index (χ1v) is 9.08. The highest BCUT2D eigenvalue weighted by molar-refractivity contribution is 5.94. The first-order chi connectivity index (χ1) is 12.5. The Balaban J connectivity index is 1.51. The number of carbonyl (C=O) groups excluding carboxylic acids is 1. The van der Waals surface area contributed by atoms with E-state index in [9.17, 15) is 9.59 Å². The molecule has 0 spiro atoms. The molecule has 5 nitrogen and oxygen atoms in total. The predicted octanol–water partition coefficient (Wildman–Crippen LogP) is 3.57. The Hall–Kier alpha value is -2.69. The van der Waals surface area contributed by atoms with E-state index in [0.29, 0.717) is 19.0 Å². The van der Waals surface area contributed by atoms with Crippen molar-refractivity contribution in [1.82, 2.24) is 9.88 Å². The maximum atomic E-state index is 12.6. The van der Waals surface area contributed by atoms with Crippen LogP contribution < -0.4 is 0 Å². The molecule has 0 atom stereocenters. The van der Waals surface area contributed by atoms with Gasteiger partial charge in [0.25, 0.3) is 5.91 Å². The number of aromatic nitrogens is 1. The van der Waals surface area contributed by atoms with Gasteiger partial charge in [0.15, 0.2) is 0 Å². The van der Waals surface area contributed by atoms with Gasteiger partial charge >= 0.3 is 5.97 Å². The lowest BCUT2D eigenvalue weighted by atomic mass is 9.90. The van der Waals surface area contributed by atoms with Gasteiger partial charge in [0, 0.05) is 13.1 Å². The largest absolute Gasteiger partial charge is 0.477 e. The van der Waals surface area contributed by atoms with Crippen LogP contribution in [0.3, 0.4) is 0 Å². The van der Waals surface area contributed by atoms with E-state index in [2.05, 4.69) is 36.2 Å². The van der Waals surface area contributed by atoms with Gasteiger partial charge in [-0.3, -0.25) is 4.79 Å². The fraction of sp³-hybridized carbons (Fsp3) is 0.381. The lowest BCUT2D eigenvalue weighted by Crippen LogP contribution is -2.39. The molecule has 1 aromatic heterocycles. The zero-order valence-corrected chi connectivity index (χ0v) is 15.0. The van der Waals surface area contributed by atoms with E-state index in [-0.39, 0.29) is 17.3 Å². The number of piperidine rings is 1. The van der Waals surface area contributed by atoms with Crippen LogP contribution in [0.4, 0.5) is 0 Å². The van der Waals surface area contributed by atoms with Crippen molar-refractivity contribution >= 4 is 11.9 Å². The van der Waals surface area contributed by atoms with E-state index in [4.69, 9.17) is 5.11 Å². The second-order valence-electron chi connectivity index (χ2n) is 6.97. The Morgan fingerprint density at radius 1 is 1.08 bits per heavy atom. The van der Waals surface area contributed by atoms with Crippen LogP contribution in [-0.2, 0) is 6.42 Å². The summed E-state index contributed by atoms with van der Waals surface area (Å²) in [6, 6.07) is 13.2. The van der Waals surface area contributed by atoms with Crippen molar-refractivity contribution in [3.05, 3.63) is 65.0 Å². The van der Waals surface area contributed by atoms with Crippen LogP contribution in [0.5, 0.6) is 0 Å². The molecule has 0 saturated carbocycles. The van der Waals surface area contributed by atoms with Crippen molar-refractivity contribution in [3.63, 3.8) is 0 Å². The van der Waals surface area contributed by atoms with Crippen molar-refractivity contribution in [1.29, 1.82) is 0 Å². The summed E-state index contributed by atoms with van der Waals surface area (Å²) in [7, 11) is 0. The van der Waals surface area contributed by atoms with Crippen LogP contribution >= 0.6 is 0 Å². The van der Waals surface area contributed by atoms with Gasteiger partial charge in [0.1, 0.15) is 11.4 Å². The third-order valence-electron chi connectivity index (χ3n) is 5.05. The molecule has 0 unspecified atom stereocenters. The number of benzene rings is 1. The minimum Gasteiger partial charge on any atom is -0.477 e. The number of amides is 1. The molecule has 1 aliphatic heterocycles. The number of hydrogen-bond acceptors (Lipinski definition) is 3. The molecular weight excluding hydrogens is 328 g/mol. The molecule has 1 aromatic carbocycles. The number of carbonyl (C=O) groups is 2. The summed E-state index contributed by atoms with van der Waals surface area (Å²) < 4.78 is 0. The highest BCUT2D eigenvalue weighted by atomic mass is 16.4. The Bertz CT molecular complexity index is 778. The van der Waals surface area contributed by atoms with Gasteiger partial charge in [-0.25, -0.2) is 9.78 Å². The first-order valence-electron chi connectivity index (χ1n) is 9.08. The van der Waals surface area contributed by atoms with Gasteiger partial charge in [-0.1, -0.05) is 35.9 Å². The van der Waals surface area contributed by atoms with Crippen LogP contribution in [0, 0.1) is 12.8 Å². The molecule has 26 heavy (non-hydrogen) atoms. The second-order valence-corrected chi connectivity index (χ2v) is 6.97. The number of aryl methyl sites for hydroxylation is 2. The predicted molar refractivity (Wildman–Crippen MR) is 99.3 cm³/mol. The maximum absolute atomic E-state index is 12.6. The van der Waals surface area contributed by atoms with E-state index in [0.717, 1.165) is 25.7 Å². The Morgan fingerprint density at radius 3 is 2.38 bits per heavy atom. The number of aromatic carboxylic acids is 1. The van der Waals surface area contributed by atoms with Crippen molar-refractivity contribution in [3.8, 4) is 0 Å². The van der Waals surface area contributed by atoms with Gasteiger partial charge in [0.05, 0.1) is 0 Å². The quantitative estimate of drug-likeness (QED) is 0.893. The number of pyridine rings is 1. The highest BCUT2D eigenvalue weighted by Gasteiger charge is 2.24. The molecule has 1 fully saturated rings. The second kappa shape index (κ2) is 8.13. The third kappa shape index (κ3) is 4.48. The van der Waals surface area contributed by atoms with Gasteiger partial charge in [-0.05, 0) is 56.2 Å². The Labute approximate surface area is 153 Å². The smallest absolute Gasteiger partial charge is 0.354 e. The van der Waals surface area contributed by atoms with Gasteiger partial charge in [-0.15, -0.1) is 0 Å². The van der Waals surface area contributed by atoms with Crippen LogP contribution in [0.25, 0.3) is 0 Å². The molecule has 1 aliphatic rings. The number of hydrogen-bond donors (Lipinski definition) is 1. The molecule has 136 valence electrons. The summed E-state index contributed by atoms with van der Waals surface area (Å²) in [4.78, 5) is 29.3. The van der Waals surface area contributed by atoms with Crippen LogP contribution in [0.1, 0.15) is 51.4 Å². The Kier molecular flexibility index (Phi) is 5.66. The Morgan fingerprint density at radius 2 is 1.73 bits per heavy atom. The van der Waals surface area contributed by atoms with Crippen LogP contribution in [-0.4, -0.2) is 40.0 Å². The number of nitrogens with zero attached hydrogens (tertiary/aromatic N) is 2. The van der Waals surface area contributed by atoms with E-state index in [1.807, 2.05) is 0 Å². The fourth-order valence-electron chi connectivity index (χ4n) is 3.39. The molecular formula is C21H24N2O3. The maximum Gasteiger partial charge on any atom is 0.354 e. The lowest BCUT2D eigenvalue weighted by molar-refractivity contribution is 0.0677. The average Bonchev–Trinajstić information content (AvgIpc) is 2.67. The molecule has 3 rings (SSSR count). The molecule has 2 aromatic rings. The zero-order chi connectivity index (χ0) is 18.5.